The van der Waals surface area contributed by atoms with E-state index in [9.17, 15) is 20.0 Å². The van der Waals surface area contributed by atoms with Crippen LogP contribution in [0.4, 0.5) is 11.4 Å². The zero-order chi connectivity index (χ0) is 15.8. The van der Waals surface area contributed by atoms with Crippen molar-refractivity contribution in [2.75, 3.05) is 12.5 Å². The van der Waals surface area contributed by atoms with Crippen molar-refractivity contribution >= 4 is 28.9 Å². The average molecular weight is 314 g/mol. The van der Waals surface area contributed by atoms with Gasteiger partial charge in [0, 0.05) is 6.07 Å². The summed E-state index contributed by atoms with van der Waals surface area (Å²) < 4.78 is 4.69. The Bertz CT molecular complexity index is 600. The van der Waals surface area contributed by atoms with Gasteiger partial charge in [0.2, 0.25) is 5.70 Å². The minimum atomic E-state index is -0.919. The molecule has 9 heteroatoms. The molecule has 112 valence electrons. The second kappa shape index (κ2) is 7.95. The Hall–Kier alpha value is -2.48. The van der Waals surface area contributed by atoms with E-state index in [1.54, 1.807) is 6.92 Å². The highest BCUT2D eigenvalue weighted by Gasteiger charge is 2.17. The number of allylic oxidation sites excluding steroid dienone is 1. The van der Waals surface area contributed by atoms with Gasteiger partial charge in [0.25, 0.3) is 5.69 Å². The highest BCUT2D eigenvalue weighted by molar-refractivity contribution is 6.19. The number of aliphatic hydroxyl groups is 1. The topological polar surface area (TPSA) is 114 Å². The van der Waals surface area contributed by atoms with Gasteiger partial charge in [-0.2, -0.15) is 0 Å². The molecule has 0 aliphatic heterocycles. The third kappa shape index (κ3) is 4.53. The fourth-order valence-corrected chi connectivity index (χ4v) is 1.41. The summed E-state index contributed by atoms with van der Waals surface area (Å²) in [6, 6.07) is 5.58. The number of carbonyl (C=O) groups excluding carboxylic acids is 1. The number of nitrogens with zero attached hydrogens (tertiary/aromatic N) is 3. The molecule has 1 rings (SSSR count). The molecule has 0 atom stereocenters. The zero-order valence-electron chi connectivity index (χ0n) is 11.0. The monoisotopic (exact) mass is 313 g/mol. The molecule has 1 aromatic carbocycles. The number of aliphatic hydroxyl groups excluding tert-OH is 1. The molecule has 0 spiro atoms. The Labute approximate surface area is 124 Å². The van der Waals surface area contributed by atoms with Crippen LogP contribution in [0.15, 0.2) is 46.0 Å². The molecule has 8 nitrogen and oxygen atoms in total. The van der Waals surface area contributed by atoms with Crippen molar-refractivity contribution in [2.24, 2.45) is 10.2 Å². The van der Waals surface area contributed by atoms with Crippen molar-refractivity contribution in [3.63, 3.8) is 0 Å². The van der Waals surface area contributed by atoms with E-state index in [1.807, 2.05) is 0 Å². The van der Waals surface area contributed by atoms with Crippen LogP contribution in [-0.2, 0) is 9.53 Å². The smallest absolute Gasteiger partial charge is 0.362 e. The van der Waals surface area contributed by atoms with E-state index in [0.29, 0.717) is 0 Å². The summed E-state index contributed by atoms with van der Waals surface area (Å²) in [4.78, 5) is 21.8. The summed E-state index contributed by atoms with van der Waals surface area (Å²) in [5, 5.41) is 27.5. The second-order valence-electron chi connectivity index (χ2n) is 3.60. The predicted molar refractivity (Wildman–Crippen MR) is 74.6 cm³/mol. The number of halogens is 1. The maximum atomic E-state index is 11.6. The maximum absolute atomic E-state index is 11.6. The molecule has 0 aromatic heterocycles. The van der Waals surface area contributed by atoms with E-state index in [1.165, 1.54) is 24.3 Å². The summed E-state index contributed by atoms with van der Waals surface area (Å²) >= 11 is 5.43. The standard InChI is InChI=1S/C12H12ClN3O5/c1-2-21-12(18)11(10(17)7-13)15-14-8-5-3-4-6-9(8)16(19)20/h3-6,17H,2,7H2,1H3/b11-10-,15-14?. The molecule has 1 aromatic rings. The largest absolute Gasteiger partial charge is 0.508 e. The third-order valence-electron chi connectivity index (χ3n) is 2.20. The number of benzene rings is 1. The van der Waals surface area contributed by atoms with E-state index >= 15 is 0 Å². The quantitative estimate of drug-likeness (QED) is 0.165. The first-order valence-corrected chi connectivity index (χ1v) is 6.35. The van der Waals surface area contributed by atoms with Crippen molar-refractivity contribution in [1.82, 2.24) is 0 Å². The van der Waals surface area contributed by atoms with Crippen LogP contribution in [0.5, 0.6) is 0 Å². The second-order valence-corrected chi connectivity index (χ2v) is 3.86. The maximum Gasteiger partial charge on any atom is 0.362 e. The number of carbonyl (C=O) groups is 1. The summed E-state index contributed by atoms with van der Waals surface area (Å²) in [7, 11) is 0. The third-order valence-corrected chi connectivity index (χ3v) is 2.46. The number of rotatable bonds is 6. The highest BCUT2D eigenvalue weighted by atomic mass is 35.5. The van der Waals surface area contributed by atoms with Crippen LogP contribution >= 0.6 is 11.6 Å². The SMILES string of the molecule is CCOC(=O)/C(N=Nc1ccccc1[N+](=O)[O-])=C(/O)CCl. The van der Waals surface area contributed by atoms with Crippen LogP contribution < -0.4 is 0 Å². The van der Waals surface area contributed by atoms with E-state index < -0.39 is 22.3 Å². The molecule has 0 aliphatic rings. The molecule has 0 saturated heterocycles. The Morgan fingerprint density at radius 3 is 2.71 bits per heavy atom. The van der Waals surface area contributed by atoms with E-state index in [0.717, 1.165) is 0 Å². The molecule has 0 aliphatic carbocycles. The normalized spacial score (nSPS) is 12.1. The number of nitro benzene ring substituents is 1. The molecule has 0 saturated carbocycles. The van der Waals surface area contributed by atoms with E-state index in [4.69, 9.17) is 16.3 Å². The number of ether oxygens (including phenoxy) is 1. The molecular formula is C12H12ClN3O5. The molecule has 0 amide bonds. The number of para-hydroxylation sites is 1. The Morgan fingerprint density at radius 2 is 2.14 bits per heavy atom. The van der Waals surface area contributed by atoms with Gasteiger partial charge in [-0.05, 0) is 13.0 Å². The van der Waals surface area contributed by atoms with Gasteiger partial charge in [-0.3, -0.25) is 10.1 Å². The molecule has 0 fully saturated rings. The Morgan fingerprint density at radius 1 is 1.48 bits per heavy atom. The van der Waals surface area contributed by atoms with Gasteiger partial charge in [0.15, 0.2) is 5.69 Å². The van der Waals surface area contributed by atoms with Crippen molar-refractivity contribution in [3.8, 4) is 0 Å². The van der Waals surface area contributed by atoms with Crippen LogP contribution in [0, 0.1) is 10.1 Å². The first-order chi connectivity index (χ1) is 10.0. The van der Waals surface area contributed by atoms with Gasteiger partial charge in [0.1, 0.15) is 5.76 Å². The first kappa shape index (κ1) is 16.6. The minimum Gasteiger partial charge on any atom is -0.508 e. The van der Waals surface area contributed by atoms with Crippen molar-refractivity contribution in [1.29, 1.82) is 0 Å². The van der Waals surface area contributed by atoms with Crippen molar-refractivity contribution in [2.45, 2.75) is 6.92 Å². The summed E-state index contributed by atoms with van der Waals surface area (Å²) in [5.41, 5.74) is -0.841. The molecular weight excluding hydrogens is 302 g/mol. The fourth-order valence-electron chi connectivity index (χ4n) is 1.29. The summed E-state index contributed by atoms with van der Waals surface area (Å²) in [5.74, 6) is -1.82. The van der Waals surface area contributed by atoms with Crippen LogP contribution in [-0.4, -0.2) is 28.5 Å². The lowest BCUT2D eigenvalue weighted by Gasteiger charge is -2.03. The molecule has 0 bridgehead atoms. The predicted octanol–water partition coefficient (Wildman–Crippen LogP) is 3.25. The van der Waals surface area contributed by atoms with Gasteiger partial charge in [-0.1, -0.05) is 12.1 Å². The van der Waals surface area contributed by atoms with Crippen LogP contribution in [0.1, 0.15) is 6.92 Å². The molecule has 0 unspecified atom stereocenters. The lowest BCUT2D eigenvalue weighted by Crippen LogP contribution is -2.09. The number of esters is 1. The molecule has 0 heterocycles. The number of alkyl halides is 1. The number of nitro groups is 1. The van der Waals surface area contributed by atoms with Crippen LogP contribution in [0.25, 0.3) is 0 Å². The lowest BCUT2D eigenvalue weighted by molar-refractivity contribution is -0.384. The summed E-state index contributed by atoms with van der Waals surface area (Å²) in [6.07, 6.45) is 0. The molecule has 1 N–H and O–H groups in total. The minimum absolute atomic E-state index is 0.0633. The van der Waals surface area contributed by atoms with Crippen molar-refractivity contribution < 1.29 is 19.6 Å². The summed E-state index contributed by atoms with van der Waals surface area (Å²) in [6.45, 7) is 1.64. The van der Waals surface area contributed by atoms with Crippen LogP contribution in [0.2, 0.25) is 0 Å². The van der Waals surface area contributed by atoms with Gasteiger partial charge < -0.3 is 9.84 Å². The number of azo groups is 1. The molecule has 21 heavy (non-hydrogen) atoms. The van der Waals surface area contributed by atoms with E-state index in [-0.39, 0.29) is 23.9 Å². The lowest BCUT2D eigenvalue weighted by atomic mass is 10.3. The van der Waals surface area contributed by atoms with Crippen molar-refractivity contribution in [3.05, 3.63) is 45.8 Å². The zero-order valence-corrected chi connectivity index (χ0v) is 11.8. The average Bonchev–Trinajstić information content (AvgIpc) is 2.47. The van der Waals surface area contributed by atoms with Gasteiger partial charge in [-0.25, -0.2) is 4.79 Å². The first-order valence-electron chi connectivity index (χ1n) is 5.81. The van der Waals surface area contributed by atoms with Gasteiger partial charge >= 0.3 is 5.97 Å². The van der Waals surface area contributed by atoms with E-state index in [2.05, 4.69) is 10.2 Å². The fraction of sp³-hybridized carbons (Fsp3) is 0.250. The van der Waals surface area contributed by atoms with Gasteiger partial charge in [0.05, 0.1) is 17.4 Å². The number of hydrogen-bond acceptors (Lipinski definition) is 7. The number of hydrogen-bond donors (Lipinski definition) is 1. The Kier molecular flexibility index (Phi) is 6.28. The van der Waals surface area contributed by atoms with Gasteiger partial charge in [-0.15, -0.1) is 21.8 Å². The Balaban J connectivity index is 3.16. The van der Waals surface area contributed by atoms with Crippen LogP contribution in [0.3, 0.4) is 0 Å². The highest BCUT2D eigenvalue weighted by Crippen LogP contribution is 2.27. The molecule has 0 radical (unpaired) electrons.